The molecule has 0 unspecified atom stereocenters. The summed E-state index contributed by atoms with van der Waals surface area (Å²) < 4.78 is 31.0. The highest BCUT2D eigenvalue weighted by atomic mass is 35.5. The molecule has 0 bridgehead atoms. The third-order valence-corrected chi connectivity index (χ3v) is 5.73. The van der Waals surface area contributed by atoms with Gasteiger partial charge in [0, 0.05) is 13.6 Å². The lowest BCUT2D eigenvalue weighted by atomic mass is 9.80. The van der Waals surface area contributed by atoms with Crippen LogP contribution in [0.4, 0.5) is 0 Å². The van der Waals surface area contributed by atoms with Gasteiger partial charge in [0.2, 0.25) is 10.0 Å². The summed E-state index contributed by atoms with van der Waals surface area (Å²) in [6, 6.07) is 4.32. The second-order valence-corrected chi connectivity index (χ2v) is 7.59. The number of benzene rings is 1. The number of sulfonamides is 1. The zero-order chi connectivity index (χ0) is 15.0. The standard InChI is InChI=1S/C13H18ClNO4S/c1-15(9-13(16)6-3-7-13)20(17,18)10-4-5-12(19-2)11(14)8-10/h4-5,8,16H,3,6-7,9H2,1-2H3. The third kappa shape index (κ3) is 2.93. The molecule has 20 heavy (non-hydrogen) atoms. The molecule has 1 aliphatic carbocycles. The van der Waals surface area contributed by atoms with Gasteiger partial charge < -0.3 is 9.84 Å². The third-order valence-electron chi connectivity index (χ3n) is 3.63. The van der Waals surface area contributed by atoms with Gasteiger partial charge in [0.1, 0.15) is 5.75 Å². The van der Waals surface area contributed by atoms with E-state index in [0.29, 0.717) is 18.6 Å². The number of aliphatic hydroxyl groups is 1. The molecule has 0 spiro atoms. The molecular weight excluding hydrogens is 302 g/mol. The van der Waals surface area contributed by atoms with Crippen LogP contribution in [0.1, 0.15) is 19.3 Å². The maximum atomic E-state index is 12.4. The number of likely N-dealkylation sites (N-methyl/N-ethyl adjacent to an activating group) is 1. The van der Waals surface area contributed by atoms with Crippen molar-refractivity contribution in [2.45, 2.75) is 29.8 Å². The van der Waals surface area contributed by atoms with E-state index in [-0.39, 0.29) is 16.5 Å². The molecule has 0 aromatic heterocycles. The Morgan fingerprint density at radius 2 is 2.10 bits per heavy atom. The Balaban J connectivity index is 2.23. The van der Waals surface area contributed by atoms with Crippen molar-refractivity contribution in [3.8, 4) is 5.75 Å². The van der Waals surface area contributed by atoms with Gasteiger partial charge in [0.15, 0.2) is 0 Å². The van der Waals surface area contributed by atoms with E-state index < -0.39 is 15.6 Å². The molecule has 1 aromatic rings. The lowest BCUT2D eigenvalue weighted by Gasteiger charge is -2.39. The monoisotopic (exact) mass is 319 g/mol. The van der Waals surface area contributed by atoms with Gasteiger partial charge in [0.05, 0.1) is 22.6 Å². The summed E-state index contributed by atoms with van der Waals surface area (Å²) in [4.78, 5) is 0.0914. The van der Waals surface area contributed by atoms with E-state index in [9.17, 15) is 13.5 Å². The minimum Gasteiger partial charge on any atom is -0.495 e. The molecule has 7 heteroatoms. The summed E-state index contributed by atoms with van der Waals surface area (Å²) >= 11 is 5.95. The highest BCUT2D eigenvalue weighted by Gasteiger charge is 2.38. The highest BCUT2D eigenvalue weighted by Crippen LogP contribution is 2.34. The molecular formula is C13H18ClNO4S. The molecule has 0 radical (unpaired) electrons. The van der Waals surface area contributed by atoms with Crippen LogP contribution in [-0.2, 0) is 10.0 Å². The quantitative estimate of drug-likeness (QED) is 0.900. The van der Waals surface area contributed by atoms with Crippen molar-refractivity contribution in [1.82, 2.24) is 4.31 Å². The van der Waals surface area contributed by atoms with Crippen molar-refractivity contribution in [2.24, 2.45) is 0 Å². The van der Waals surface area contributed by atoms with E-state index in [1.165, 1.54) is 36.7 Å². The van der Waals surface area contributed by atoms with Gasteiger partial charge in [-0.15, -0.1) is 0 Å². The maximum Gasteiger partial charge on any atom is 0.242 e. The van der Waals surface area contributed by atoms with Crippen LogP contribution < -0.4 is 4.74 Å². The molecule has 0 heterocycles. The summed E-state index contributed by atoms with van der Waals surface area (Å²) in [5, 5.41) is 10.3. The van der Waals surface area contributed by atoms with Crippen molar-refractivity contribution in [1.29, 1.82) is 0 Å². The first kappa shape index (κ1) is 15.6. The van der Waals surface area contributed by atoms with Crippen LogP contribution in [0.2, 0.25) is 5.02 Å². The largest absolute Gasteiger partial charge is 0.495 e. The Morgan fingerprint density at radius 3 is 2.55 bits per heavy atom. The molecule has 0 atom stereocenters. The van der Waals surface area contributed by atoms with E-state index in [2.05, 4.69) is 0 Å². The number of hydrogen-bond donors (Lipinski definition) is 1. The molecule has 1 saturated carbocycles. The van der Waals surface area contributed by atoms with Crippen molar-refractivity contribution in [2.75, 3.05) is 20.7 Å². The van der Waals surface area contributed by atoms with Gasteiger partial charge in [-0.2, -0.15) is 4.31 Å². The first-order valence-corrected chi connectivity index (χ1v) is 8.13. The molecule has 1 N–H and O–H groups in total. The average molecular weight is 320 g/mol. The van der Waals surface area contributed by atoms with Crippen molar-refractivity contribution < 1.29 is 18.3 Å². The topological polar surface area (TPSA) is 66.8 Å². The van der Waals surface area contributed by atoms with Crippen LogP contribution in [0.25, 0.3) is 0 Å². The fourth-order valence-electron chi connectivity index (χ4n) is 2.23. The van der Waals surface area contributed by atoms with E-state index in [1.807, 2.05) is 0 Å². The Bertz CT molecular complexity index is 598. The smallest absolute Gasteiger partial charge is 0.242 e. The number of ether oxygens (including phenoxy) is 1. The average Bonchev–Trinajstić information content (AvgIpc) is 2.36. The summed E-state index contributed by atoms with van der Waals surface area (Å²) in [7, 11) is -0.735. The fourth-order valence-corrected chi connectivity index (χ4v) is 3.83. The number of methoxy groups -OCH3 is 1. The maximum absolute atomic E-state index is 12.4. The zero-order valence-electron chi connectivity index (χ0n) is 11.5. The molecule has 112 valence electrons. The van der Waals surface area contributed by atoms with Gasteiger partial charge in [-0.25, -0.2) is 8.42 Å². The minimum atomic E-state index is -3.66. The molecule has 1 fully saturated rings. The first-order valence-electron chi connectivity index (χ1n) is 6.31. The van der Waals surface area contributed by atoms with Crippen LogP contribution in [0, 0.1) is 0 Å². The molecule has 1 aromatic carbocycles. The van der Waals surface area contributed by atoms with Crippen molar-refractivity contribution in [3.05, 3.63) is 23.2 Å². The van der Waals surface area contributed by atoms with E-state index in [1.54, 1.807) is 0 Å². The Labute approximate surface area is 124 Å². The van der Waals surface area contributed by atoms with Crippen LogP contribution >= 0.6 is 11.6 Å². The summed E-state index contributed by atoms with van der Waals surface area (Å²) in [5.74, 6) is 0.422. The number of nitrogens with zero attached hydrogens (tertiary/aromatic N) is 1. The Kier molecular flexibility index (Phi) is 4.30. The second kappa shape index (κ2) is 5.52. The molecule has 0 amide bonds. The van der Waals surface area contributed by atoms with Crippen molar-refractivity contribution >= 4 is 21.6 Å². The van der Waals surface area contributed by atoms with Crippen LogP contribution in [0.15, 0.2) is 23.1 Å². The summed E-state index contributed by atoms with van der Waals surface area (Å²) in [6.45, 7) is 0.0962. The van der Waals surface area contributed by atoms with Gasteiger partial charge >= 0.3 is 0 Å². The van der Waals surface area contributed by atoms with E-state index >= 15 is 0 Å². The second-order valence-electron chi connectivity index (χ2n) is 5.14. The molecule has 1 aliphatic rings. The lowest BCUT2D eigenvalue weighted by molar-refractivity contribution is -0.0423. The summed E-state index contributed by atoms with van der Waals surface area (Å²) in [6.07, 6.45) is 2.20. The Hall–Kier alpha value is -0.820. The predicted octanol–water partition coefficient (Wildman–Crippen LogP) is 1.88. The molecule has 0 saturated heterocycles. The highest BCUT2D eigenvalue weighted by molar-refractivity contribution is 7.89. The molecule has 2 rings (SSSR count). The Morgan fingerprint density at radius 1 is 1.45 bits per heavy atom. The fraction of sp³-hybridized carbons (Fsp3) is 0.538. The minimum absolute atomic E-state index is 0.0914. The van der Waals surface area contributed by atoms with Crippen LogP contribution in [0.5, 0.6) is 5.75 Å². The van der Waals surface area contributed by atoms with Crippen LogP contribution in [0.3, 0.4) is 0 Å². The SMILES string of the molecule is COc1ccc(S(=O)(=O)N(C)CC2(O)CCC2)cc1Cl. The zero-order valence-corrected chi connectivity index (χ0v) is 13.0. The van der Waals surface area contributed by atoms with Gasteiger partial charge in [0.25, 0.3) is 0 Å². The lowest BCUT2D eigenvalue weighted by Crippen LogP contribution is -2.48. The number of halogens is 1. The first-order chi connectivity index (χ1) is 9.28. The van der Waals surface area contributed by atoms with Gasteiger partial charge in [-0.3, -0.25) is 0 Å². The van der Waals surface area contributed by atoms with E-state index in [4.69, 9.17) is 16.3 Å². The molecule has 5 nitrogen and oxygen atoms in total. The van der Waals surface area contributed by atoms with E-state index in [0.717, 1.165) is 6.42 Å². The molecule has 0 aliphatic heterocycles. The van der Waals surface area contributed by atoms with Crippen molar-refractivity contribution in [3.63, 3.8) is 0 Å². The summed E-state index contributed by atoms with van der Waals surface area (Å²) in [5.41, 5.74) is -0.891. The van der Waals surface area contributed by atoms with Gasteiger partial charge in [-0.1, -0.05) is 11.6 Å². The van der Waals surface area contributed by atoms with Crippen LogP contribution in [-0.4, -0.2) is 44.1 Å². The van der Waals surface area contributed by atoms with Gasteiger partial charge in [-0.05, 0) is 37.5 Å². The number of rotatable bonds is 5. The normalized spacial score (nSPS) is 17.9. The number of hydrogen-bond acceptors (Lipinski definition) is 4. The predicted molar refractivity (Wildman–Crippen MR) is 76.6 cm³/mol.